The lowest BCUT2D eigenvalue weighted by molar-refractivity contribution is 0.435. The van der Waals surface area contributed by atoms with Gasteiger partial charge in [0.05, 0.1) is 4.88 Å². The van der Waals surface area contributed by atoms with Crippen molar-refractivity contribution >= 4 is 53.4 Å². The Morgan fingerprint density at radius 3 is 2.73 bits per heavy atom. The number of nitrogens with two attached hydrogens (primary N) is 1. The zero-order valence-corrected chi connectivity index (χ0v) is 16.7. The summed E-state index contributed by atoms with van der Waals surface area (Å²) in [6.07, 6.45) is 3.17. The van der Waals surface area contributed by atoms with E-state index in [0.29, 0.717) is 17.6 Å². The number of nitrogens with zero attached hydrogens (tertiary/aromatic N) is 2. The molecule has 0 saturated carbocycles. The predicted octanol–water partition coefficient (Wildman–Crippen LogP) is 3.88. The topological polar surface area (TPSA) is 53.6 Å². The molecule has 1 aromatic carbocycles. The van der Waals surface area contributed by atoms with E-state index < -0.39 is 0 Å². The Kier molecular flexibility index (Phi) is 7.29. The molecular weight excluding hydrogens is 394 g/mol. The molecule has 8 heteroatoms. The lowest BCUT2D eigenvalue weighted by Crippen LogP contribution is -2.42. The summed E-state index contributed by atoms with van der Waals surface area (Å²) in [5, 5.41) is 5.34. The van der Waals surface area contributed by atoms with Crippen LogP contribution < -0.4 is 16.0 Å². The first-order chi connectivity index (χ1) is 11.7. The van der Waals surface area contributed by atoms with Gasteiger partial charge in [0, 0.05) is 18.3 Å². The fourth-order valence-corrected chi connectivity index (χ4v) is 4.24. The molecular formula is C18H23Cl2FN4S. The number of aliphatic imine (C=N–C) groups is 1. The number of benzene rings is 1. The smallest absolute Gasteiger partial charge is 0.149 e. The molecule has 4 rings (SSSR count). The molecule has 1 fully saturated rings. The van der Waals surface area contributed by atoms with Crippen LogP contribution in [0.5, 0.6) is 0 Å². The molecule has 2 aromatic rings. The molecule has 3 heterocycles. The van der Waals surface area contributed by atoms with E-state index in [1.807, 2.05) is 23.6 Å². The summed E-state index contributed by atoms with van der Waals surface area (Å²) in [6.45, 7) is 3.06. The number of anilines is 1. The second-order valence-electron chi connectivity index (χ2n) is 6.33. The van der Waals surface area contributed by atoms with E-state index in [9.17, 15) is 4.39 Å². The number of thiophene rings is 1. The lowest BCUT2D eigenvalue weighted by Gasteiger charge is -2.33. The normalized spacial score (nSPS) is 17.4. The van der Waals surface area contributed by atoms with Gasteiger partial charge in [-0.15, -0.1) is 36.2 Å². The summed E-state index contributed by atoms with van der Waals surface area (Å²) in [5.41, 5.74) is 8.58. The zero-order chi connectivity index (χ0) is 16.5. The molecule has 0 unspecified atom stereocenters. The van der Waals surface area contributed by atoms with Gasteiger partial charge in [-0.25, -0.2) is 9.38 Å². The summed E-state index contributed by atoms with van der Waals surface area (Å²) in [5.74, 6) is 0.0793. The lowest BCUT2D eigenvalue weighted by atomic mass is 10.0. The van der Waals surface area contributed by atoms with Gasteiger partial charge in [-0.2, -0.15) is 0 Å². The number of amidine groups is 1. The van der Waals surface area contributed by atoms with Crippen LogP contribution in [0.1, 0.15) is 23.3 Å². The summed E-state index contributed by atoms with van der Waals surface area (Å²) < 4.78 is 14.4. The zero-order valence-electron chi connectivity index (χ0n) is 14.3. The van der Waals surface area contributed by atoms with Gasteiger partial charge in [-0.1, -0.05) is 6.07 Å². The molecule has 0 bridgehead atoms. The number of nitrogens with one attached hydrogen (secondary N) is 1. The van der Waals surface area contributed by atoms with Gasteiger partial charge < -0.3 is 16.0 Å². The third-order valence-corrected chi connectivity index (χ3v) is 5.74. The van der Waals surface area contributed by atoms with Crippen molar-refractivity contribution in [3.8, 4) is 0 Å². The molecule has 1 aromatic heterocycles. The van der Waals surface area contributed by atoms with Crippen molar-refractivity contribution < 1.29 is 4.39 Å². The van der Waals surface area contributed by atoms with Gasteiger partial charge in [-0.05, 0) is 61.5 Å². The van der Waals surface area contributed by atoms with Crippen LogP contribution in [0.25, 0.3) is 0 Å². The highest BCUT2D eigenvalue weighted by Crippen LogP contribution is 2.36. The molecule has 26 heavy (non-hydrogen) atoms. The molecule has 0 radical (unpaired) electrons. The molecule has 142 valence electrons. The van der Waals surface area contributed by atoms with Gasteiger partial charge in [0.2, 0.25) is 0 Å². The number of piperidine rings is 1. The molecule has 2 aliphatic heterocycles. The molecule has 3 N–H and O–H groups in total. The highest BCUT2D eigenvalue weighted by molar-refractivity contribution is 7.12. The largest absolute Gasteiger partial charge is 0.383 e. The maximum absolute atomic E-state index is 14.4. The van der Waals surface area contributed by atoms with Crippen LogP contribution in [0, 0.1) is 5.82 Å². The van der Waals surface area contributed by atoms with Crippen molar-refractivity contribution in [3.05, 3.63) is 45.9 Å². The Hall–Kier alpha value is -1.34. The van der Waals surface area contributed by atoms with Crippen LogP contribution in [-0.2, 0) is 6.42 Å². The first kappa shape index (κ1) is 21.0. The van der Waals surface area contributed by atoms with E-state index in [1.54, 1.807) is 6.07 Å². The summed E-state index contributed by atoms with van der Waals surface area (Å²) in [7, 11) is 0. The quantitative estimate of drug-likeness (QED) is 0.589. The van der Waals surface area contributed by atoms with Crippen LogP contribution in [0.15, 0.2) is 34.6 Å². The number of rotatable bonds is 3. The Bertz CT molecular complexity index is 761. The van der Waals surface area contributed by atoms with Crippen molar-refractivity contribution in [2.24, 2.45) is 10.7 Å². The Morgan fingerprint density at radius 2 is 2.04 bits per heavy atom. The number of fused-ring (bicyclic) bond motifs is 1. The molecule has 0 aliphatic carbocycles. The second-order valence-corrected chi connectivity index (χ2v) is 7.28. The molecule has 0 atom stereocenters. The minimum Gasteiger partial charge on any atom is -0.383 e. The Labute approximate surface area is 169 Å². The van der Waals surface area contributed by atoms with E-state index >= 15 is 0 Å². The van der Waals surface area contributed by atoms with Gasteiger partial charge in [0.15, 0.2) is 0 Å². The van der Waals surface area contributed by atoms with E-state index in [1.165, 1.54) is 11.3 Å². The van der Waals surface area contributed by atoms with Crippen LogP contribution in [0.3, 0.4) is 0 Å². The maximum Gasteiger partial charge on any atom is 0.149 e. The van der Waals surface area contributed by atoms with Gasteiger partial charge in [-0.3, -0.25) is 0 Å². The number of hydrogen-bond acceptors (Lipinski definition) is 4. The van der Waals surface area contributed by atoms with E-state index in [0.717, 1.165) is 55.0 Å². The van der Waals surface area contributed by atoms with E-state index in [4.69, 9.17) is 5.73 Å². The minimum absolute atomic E-state index is 0. The molecule has 4 nitrogen and oxygen atoms in total. The van der Waals surface area contributed by atoms with Crippen molar-refractivity contribution in [2.75, 3.05) is 24.5 Å². The Balaban J connectivity index is 0.00000121. The summed E-state index contributed by atoms with van der Waals surface area (Å²) in [6, 6.07) is 7.86. The average molecular weight is 417 g/mol. The van der Waals surface area contributed by atoms with E-state index in [2.05, 4.69) is 15.2 Å². The SMILES string of the molecule is Cl.Cl.NC(=Nc1cc2c(cc1F)CCN2C1CCNCC1)c1cccs1. The summed E-state index contributed by atoms with van der Waals surface area (Å²) >= 11 is 1.51. The third kappa shape index (κ3) is 4.14. The van der Waals surface area contributed by atoms with Crippen LogP contribution >= 0.6 is 36.2 Å². The van der Waals surface area contributed by atoms with Gasteiger partial charge in [0.25, 0.3) is 0 Å². The van der Waals surface area contributed by atoms with Crippen molar-refractivity contribution in [1.29, 1.82) is 0 Å². The average Bonchev–Trinajstić information content (AvgIpc) is 3.25. The van der Waals surface area contributed by atoms with Crippen molar-refractivity contribution in [2.45, 2.75) is 25.3 Å². The second kappa shape index (κ2) is 9.04. The van der Waals surface area contributed by atoms with Gasteiger partial charge >= 0.3 is 0 Å². The first-order valence-electron chi connectivity index (χ1n) is 8.40. The molecule has 0 amide bonds. The predicted molar refractivity (Wildman–Crippen MR) is 113 cm³/mol. The fourth-order valence-electron chi connectivity index (χ4n) is 3.61. The first-order valence-corrected chi connectivity index (χ1v) is 9.28. The number of halogens is 3. The monoisotopic (exact) mass is 416 g/mol. The van der Waals surface area contributed by atoms with Crippen LogP contribution in [-0.4, -0.2) is 31.5 Å². The fraction of sp³-hybridized carbons (Fsp3) is 0.389. The van der Waals surface area contributed by atoms with Gasteiger partial charge in [0.1, 0.15) is 17.3 Å². The highest BCUT2D eigenvalue weighted by Gasteiger charge is 2.28. The Morgan fingerprint density at radius 1 is 1.27 bits per heavy atom. The molecule has 1 saturated heterocycles. The van der Waals surface area contributed by atoms with Crippen molar-refractivity contribution in [1.82, 2.24) is 5.32 Å². The molecule has 2 aliphatic rings. The number of hydrogen-bond donors (Lipinski definition) is 2. The van der Waals surface area contributed by atoms with Crippen molar-refractivity contribution in [3.63, 3.8) is 0 Å². The summed E-state index contributed by atoms with van der Waals surface area (Å²) in [4.78, 5) is 7.64. The molecule has 0 spiro atoms. The minimum atomic E-state index is -0.291. The third-order valence-electron chi connectivity index (χ3n) is 4.84. The van der Waals surface area contributed by atoms with Crippen LogP contribution in [0.2, 0.25) is 0 Å². The van der Waals surface area contributed by atoms with Crippen LogP contribution in [0.4, 0.5) is 15.8 Å². The highest BCUT2D eigenvalue weighted by atomic mass is 35.5. The van der Waals surface area contributed by atoms with E-state index in [-0.39, 0.29) is 30.6 Å². The standard InChI is InChI=1S/C18H21FN4S.2ClH/c19-14-10-12-5-8-23(13-3-6-21-7-4-13)16(12)11-15(14)22-18(20)17-2-1-9-24-17;;/h1-2,9-11,13,21H,3-8H2,(H2,20,22);2*1H. The maximum atomic E-state index is 14.4.